The monoisotopic (exact) mass is 356 g/mol. The van der Waals surface area contributed by atoms with E-state index >= 15 is 0 Å². The molecule has 2 aromatic rings. The number of ether oxygens (including phenoxy) is 2. The summed E-state index contributed by atoms with van der Waals surface area (Å²) in [6.45, 7) is 1.57. The quantitative estimate of drug-likeness (QED) is 0.530. The molecular weight excluding hydrogens is 324 g/mol. The normalized spacial score (nSPS) is 10.4. The maximum Gasteiger partial charge on any atom is 0.119 e. The first-order valence-electron chi connectivity index (χ1n) is 9.50. The smallest absolute Gasteiger partial charge is 0.119 e. The van der Waals surface area contributed by atoms with Gasteiger partial charge >= 0.3 is 0 Å². The minimum Gasteiger partial charge on any atom is -0.494 e. The number of nitrogens with zero attached hydrogens (tertiary/aromatic N) is 1. The fourth-order valence-corrected chi connectivity index (χ4v) is 2.67. The molecule has 0 fully saturated rings. The van der Waals surface area contributed by atoms with E-state index in [9.17, 15) is 0 Å². The summed E-state index contributed by atoms with van der Waals surface area (Å²) in [6.07, 6.45) is 5.83. The molecule has 0 spiro atoms. The van der Waals surface area contributed by atoms with Gasteiger partial charge < -0.3 is 19.7 Å². The highest BCUT2D eigenvalue weighted by molar-refractivity contribution is 5.47. The molecule has 0 saturated heterocycles. The van der Waals surface area contributed by atoms with Crippen molar-refractivity contribution >= 4 is 11.4 Å². The average molecular weight is 357 g/mol. The lowest BCUT2D eigenvalue weighted by molar-refractivity contribution is 0.293. The lowest BCUT2D eigenvalue weighted by Crippen LogP contribution is -2.08. The van der Waals surface area contributed by atoms with Crippen LogP contribution in [0.1, 0.15) is 32.1 Å². The summed E-state index contributed by atoms with van der Waals surface area (Å²) in [5, 5.41) is 3.10. The maximum atomic E-state index is 5.80. The third-order valence-electron chi connectivity index (χ3n) is 4.32. The van der Waals surface area contributed by atoms with E-state index in [1.807, 2.05) is 57.5 Å². The van der Waals surface area contributed by atoms with Crippen LogP contribution in [0, 0.1) is 0 Å². The minimum absolute atomic E-state index is 0.785. The van der Waals surface area contributed by atoms with E-state index < -0.39 is 0 Å². The summed E-state index contributed by atoms with van der Waals surface area (Å²) >= 11 is 0. The third-order valence-corrected chi connectivity index (χ3v) is 4.32. The zero-order chi connectivity index (χ0) is 18.6. The van der Waals surface area contributed by atoms with E-state index in [2.05, 4.69) is 22.3 Å². The molecule has 142 valence electrons. The topological polar surface area (TPSA) is 33.7 Å². The molecule has 2 rings (SSSR count). The van der Waals surface area contributed by atoms with Gasteiger partial charge in [-0.2, -0.15) is 0 Å². The van der Waals surface area contributed by atoms with Crippen molar-refractivity contribution in [3.8, 4) is 11.5 Å². The van der Waals surface area contributed by atoms with Gasteiger partial charge in [0.15, 0.2) is 0 Å². The van der Waals surface area contributed by atoms with Crippen molar-refractivity contribution in [3.05, 3.63) is 48.5 Å². The van der Waals surface area contributed by atoms with Gasteiger partial charge in [-0.25, -0.2) is 0 Å². The fourth-order valence-electron chi connectivity index (χ4n) is 2.67. The van der Waals surface area contributed by atoms with Gasteiger partial charge in [0.05, 0.1) is 13.2 Å². The van der Waals surface area contributed by atoms with E-state index in [1.54, 1.807) is 0 Å². The van der Waals surface area contributed by atoms with Gasteiger partial charge in [-0.15, -0.1) is 0 Å². The van der Waals surface area contributed by atoms with Crippen molar-refractivity contribution in [1.82, 2.24) is 0 Å². The first-order chi connectivity index (χ1) is 12.7. The Bertz CT molecular complexity index is 609. The molecule has 4 nitrogen and oxygen atoms in total. The number of benzene rings is 2. The largest absolute Gasteiger partial charge is 0.494 e. The molecule has 26 heavy (non-hydrogen) atoms. The van der Waals surface area contributed by atoms with Gasteiger partial charge in [0.2, 0.25) is 0 Å². The molecule has 0 saturated carbocycles. The number of rotatable bonds is 12. The van der Waals surface area contributed by atoms with Crippen LogP contribution < -0.4 is 19.7 Å². The number of unbranched alkanes of at least 4 members (excludes halogenated alkanes) is 4. The van der Waals surface area contributed by atoms with Crippen LogP contribution >= 0.6 is 0 Å². The van der Waals surface area contributed by atoms with Crippen LogP contribution in [0.25, 0.3) is 0 Å². The highest BCUT2D eigenvalue weighted by Gasteiger charge is 1.98. The molecule has 0 bridgehead atoms. The minimum atomic E-state index is 0.785. The molecule has 1 N–H and O–H groups in total. The van der Waals surface area contributed by atoms with Crippen molar-refractivity contribution in [2.24, 2.45) is 0 Å². The second kappa shape index (κ2) is 11.3. The molecular formula is C22H32N2O2. The van der Waals surface area contributed by atoms with Gasteiger partial charge in [-0.05, 0) is 61.4 Å². The van der Waals surface area contributed by atoms with Crippen molar-refractivity contribution in [2.75, 3.05) is 44.6 Å². The molecule has 0 aromatic heterocycles. The Hall–Kier alpha value is -2.36. The lowest BCUT2D eigenvalue weighted by atomic mass is 10.1. The van der Waals surface area contributed by atoms with Crippen LogP contribution in [0.3, 0.4) is 0 Å². The summed E-state index contributed by atoms with van der Waals surface area (Å²) < 4.78 is 11.6. The second-order valence-electron chi connectivity index (χ2n) is 6.63. The fraction of sp³-hybridized carbons (Fsp3) is 0.455. The van der Waals surface area contributed by atoms with Gasteiger partial charge in [0.1, 0.15) is 11.5 Å². The number of hydrogen-bond donors (Lipinski definition) is 1. The van der Waals surface area contributed by atoms with Crippen molar-refractivity contribution in [2.45, 2.75) is 32.1 Å². The summed E-state index contributed by atoms with van der Waals surface area (Å²) in [5.41, 5.74) is 2.30. The Morgan fingerprint density at radius 2 is 1.15 bits per heavy atom. The molecule has 0 aliphatic rings. The predicted molar refractivity (Wildman–Crippen MR) is 111 cm³/mol. The van der Waals surface area contributed by atoms with E-state index in [-0.39, 0.29) is 0 Å². The van der Waals surface area contributed by atoms with Gasteiger partial charge in [0.25, 0.3) is 0 Å². The van der Waals surface area contributed by atoms with Crippen LogP contribution in [-0.2, 0) is 0 Å². The zero-order valence-electron chi connectivity index (χ0n) is 16.3. The van der Waals surface area contributed by atoms with Crippen LogP contribution in [0.5, 0.6) is 11.5 Å². The Kier molecular flexibility index (Phi) is 8.67. The van der Waals surface area contributed by atoms with Crippen LogP contribution in [0.4, 0.5) is 11.4 Å². The highest BCUT2D eigenvalue weighted by Crippen LogP contribution is 2.18. The maximum absolute atomic E-state index is 5.80. The average Bonchev–Trinajstić information content (AvgIpc) is 2.67. The Morgan fingerprint density at radius 1 is 0.692 bits per heavy atom. The molecule has 2 aromatic carbocycles. The van der Waals surface area contributed by atoms with E-state index in [4.69, 9.17) is 9.47 Å². The van der Waals surface area contributed by atoms with Gasteiger partial charge in [-0.1, -0.05) is 19.3 Å². The zero-order valence-corrected chi connectivity index (χ0v) is 16.3. The molecule has 0 aliphatic heterocycles. The summed E-state index contributed by atoms with van der Waals surface area (Å²) in [4.78, 5) is 2.09. The molecule has 0 atom stereocenters. The molecule has 0 aliphatic carbocycles. The third kappa shape index (κ3) is 7.26. The summed E-state index contributed by atoms with van der Waals surface area (Å²) in [6, 6.07) is 16.3. The molecule has 0 unspecified atom stereocenters. The molecule has 4 heteroatoms. The Labute approximate surface area is 158 Å². The Balaban J connectivity index is 1.46. The van der Waals surface area contributed by atoms with E-state index in [0.717, 1.165) is 43.2 Å². The van der Waals surface area contributed by atoms with E-state index in [0.29, 0.717) is 0 Å². The van der Waals surface area contributed by atoms with E-state index in [1.165, 1.54) is 24.9 Å². The number of hydrogen-bond acceptors (Lipinski definition) is 4. The lowest BCUT2D eigenvalue weighted by Gasteiger charge is -2.13. The Morgan fingerprint density at radius 3 is 1.62 bits per heavy atom. The highest BCUT2D eigenvalue weighted by atomic mass is 16.5. The predicted octanol–water partition coefficient (Wildman–Crippen LogP) is 5.20. The van der Waals surface area contributed by atoms with Crippen LogP contribution in [-0.4, -0.2) is 34.4 Å². The van der Waals surface area contributed by atoms with Crippen molar-refractivity contribution in [3.63, 3.8) is 0 Å². The molecule has 0 amide bonds. The molecule has 0 heterocycles. The number of anilines is 2. The van der Waals surface area contributed by atoms with Crippen LogP contribution in [0.15, 0.2) is 48.5 Å². The first kappa shape index (κ1) is 20.0. The SMILES string of the molecule is CNc1ccc(OCCCCCCCOc2ccc(N(C)C)cc2)cc1. The van der Waals surface area contributed by atoms with Crippen molar-refractivity contribution in [1.29, 1.82) is 0 Å². The summed E-state index contributed by atoms with van der Waals surface area (Å²) in [5.74, 6) is 1.89. The number of nitrogens with one attached hydrogen (secondary N) is 1. The standard InChI is InChI=1S/C22H32N2O2/c1-23-19-9-13-21(14-10-19)25-17-7-5-4-6-8-18-26-22-15-11-20(12-16-22)24(2)3/h9-16,23H,4-8,17-18H2,1-3H3. The summed E-state index contributed by atoms with van der Waals surface area (Å²) in [7, 11) is 6.00. The molecule has 0 radical (unpaired) electrons. The van der Waals surface area contributed by atoms with Crippen LogP contribution in [0.2, 0.25) is 0 Å². The van der Waals surface area contributed by atoms with Gasteiger partial charge in [0, 0.05) is 32.5 Å². The first-order valence-corrected chi connectivity index (χ1v) is 9.50. The van der Waals surface area contributed by atoms with Crippen molar-refractivity contribution < 1.29 is 9.47 Å². The van der Waals surface area contributed by atoms with Gasteiger partial charge in [-0.3, -0.25) is 0 Å². The second-order valence-corrected chi connectivity index (χ2v) is 6.63.